The average Bonchev–Trinajstić information content (AvgIpc) is 3.33. The Kier molecular flexibility index (Phi) is 11.3. The van der Waals surface area contributed by atoms with Gasteiger partial charge in [0.25, 0.3) is 6.47 Å². The van der Waals surface area contributed by atoms with E-state index in [0.717, 1.165) is 23.8 Å². The van der Waals surface area contributed by atoms with Crippen molar-refractivity contribution in [3.05, 3.63) is 65.5 Å². The number of hydrogen-bond donors (Lipinski definition) is 1. The van der Waals surface area contributed by atoms with Crippen molar-refractivity contribution in [1.82, 2.24) is 0 Å². The maximum atomic E-state index is 13.6. The van der Waals surface area contributed by atoms with Crippen molar-refractivity contribution in [2.24, 2.45) is 0 Å². The highest BCUT2D eigenvalue weighted by molar-refractivity contribution is 7.85. The van der Waals surface area contributed by atoms with Crippen molar-refractivity contribution >= 4 is 17.3 Å². The molecule has 0 aromatic heterocycles. The van der Waals surface area contributed by atoms with E-state index in [4.69, 9.17) is 9.90 Å². The van der Waals surface area contributed by atoms with Gasteiger partial charge in [0.15, 0.2) is 0 Å². The van der Waals surface area contributed by atoms with Gasteiger partial charge in [-0.25, -0.2) is 8.78 Å². The molecule has 1 N–H and O–H groups in total. The highest BCUT2D eigenvalue weighted by atomic mass is 32.2. The lowest BCUT2D eigenvalue weighted by Crippen LogP contribution is -2.50. The molecular weight excluding hydrogens is 508 g/mol. The Bertz CT molecular complexity index is 938. The number of hydrogen-bond acceptors (Lipinski definition) is 2. The number of carboxylic acid groups (broad SMARTS) is 1. The number of rotatable bonds is 4. The van der Waals surface area contributed by atoms with Crippen LogP contribution in [0.4, 0.5) is 35.1 Å². The van der Waals surface area contributed by atoms with E-state index in [-0.39, 0.29) is 24.3 Å². The van der Waals surface area contributed by atoms with E-state index in [1.807, 2.05) is 0 Å². The molecule has 0 radical (unpaired) electrons. The minimum atomic E-state index is -6.06. The van der Waals surface area contributed by atoms with E-state index in [2.05, 4.69) is 0 Å². The summed E-state index contributed by atoms with van der Waals surface area (Å²) in [5.41, 5.74) is -6.59. The number of halogens is 8. The monoisotopic (exact) mass is 532 g/mol. The standard InChI is InChI=1S/C11H9F7.C11H13FOS.CH2O2/c1-2-7-4-3-5-8(6-7)9(12,10(13,14)15)11(16,17)18;12-9-5-7-11(8-6-9)14(13)10-3-1-2-4-10;2-1-3/h3-6H,2H2,1H3;5-8,10H,1-4H2;1H,(H,2,3). The fourth-order valence-corrected chi connectivity index (χ4v) is 4.91. The predicted octanol–water partition coefficient (Wildman–Crippen LogP) is 7.12. The Balaban J connectivity index is 0.000000321. The van der Waals surface area contributed by atoms with E-state index in [9.17, 15) is 39.3 Å². The van der Waals surface area contributed by atoms with Crippen LogP contribution in [0, 0.1) is 5.82 Å². The normalized spacial score (nSPS) is 15.3. The van der Waals surface area contributed by atoms with Crippen LogP contribution in [0.2, 0.25) is 0 Å². The molecule has 1 aliphatic rings. The first-order chi connectivity index (χ1) is 16.2. The molecule has 1 aliphatic carbocycles. The van der Waals surface area contributed by atoms with Crippen LogP contribution in [-0.2, 0) is 27.7 Å². The molecule has 1 saturated carbocycles. The van der Waals surface area contributed by atoms with E-state index >= 15 is 0 Å². The van der Waals surface area contributed by atoms with Gasteiger partial charge in [0.1, 0.15) is 5.82 Å². The molecule has 1 unspecified atom stereocenters. The van der Waals surface area contributed by atoms with Crippen molar-refractivity contribution < 1.29 is 49.2 Å². The molecule has 0 aliphatic heterocycles. The summed E-state index contributed by atoms with van der Waals surface area (Å²) in [6, 6.07) is 9.38. The predicted molar refractivity (Wildman–Crippen MR) is 114 cm³/mol. The summed E-state index contributed by atoms with van der Waals surface area (Å²) in [6.45, 7) is 1.29. The second-order valence-electron chi connectivity index (χ2n) is 7.47. The summed E-state index contributed by atoms with van der Waals surface area (Å²) in [6.07, 6.45) is -7.46. The van der Waals surface area contributed by atoms with Crippen molar-refractivity contribution in [2.45, 2.75) is 67.2 Å². The smallest absolute Gasteiger partial charge is 0.435 e. The van der Waals surface area contributed by atoms with Crippen LogP contribution >= 0.6 is 0 Å². The van der Waals surface area contributed by atoms with Crippen molar-refractivity contribution in [3.63, 3.8) is 0 Å². The Morgan fingerprint density at radius 1 is 0.943 bits per heavy atom. The summed E-state index contributed by atoms with van der Waals surface area (Å²) in [5.74, 6) is -0.267. The quantitative estimate of drug-likeness (QED) is 0.337. The van der Waals surface area contributed by atoms with Gasteiger partial charge in [0.05, 0.1) is 10.8 Å². The van der Waals surface area contributed by atoms with Crippen molar-refractivity contribution in [3.8, 4) is 0 Å². The van der Waals surface area contributed by atoms with E-state index in [1.165, 1.54) is 31.0 Å². The zero-order valence-corrected chi connectivity index (χ0v) is 19.3. The molecule has 0 saturated heterocycles. The van der Waals surface area contributed by atoms with E-state index in [1.54, 1.807) is 19.1 Å². The zero-order valence-electron chi connectivity index (χ0n) is 18.5. The van der Waals surface area contributed by atoms with Crippen LogP contribution in [0.15, 0.2) is 53.4 Å². The largest absolute Gasteiger partial charge is 0.483 e. The maximum absolute atomic E-state index is 13.6. The lowest BCUT2D eigenvalue weighted by atomic mass is 9.92. The van der Waals surface area contributed by atoms with Gasteiger partial charge in [-0.3, -0.25) is 9.00 Å². The fraction of sp³-hybridized carbons (Fsp3) is 0.435. The Labute approximate surface area is 199 Å². The molecule has 35 heavy (non-hydrogen) atoms. The van der Waals surface area contributed by atoms with E-state index < -0.39 is 34.4 Å². The van der Waals surface area contributed by atoms with Gasteiger partial charge >= 0.3 is 18.0 Å². The average molecular weight is 532 g/mol. The van der Waals surface area contributed by atoms with Gasteiger partial charge < -0.3 is 5.11 Å². The summed E-state index contributed by atoms with van der Waals surface area (Å²) in [7, 11) is -0.934. The van der Waals surface area contributed by atoms with Crippen molar-refractivity contribution in [1.29, 1.82) is 0 Å². The second-order valence-corrected chi connectivity index (χ2v) is 9.20. The Morgan fingerprint density at radius 2 is 1.43 bits per heavy atom. The lowest BCUT2D eigenvalue weighted by molar-refractivity contribution is -0.348. The third-order valence-corrected chi connectivity index (χ3v) is 6.98. The van der Waals surface area contributed by atoms with Gasteiger partial charge in [0, 0.05) is 15.7 Å². The van der Waals surface area contributed by atoms with Gasteiger partial charge in [-0.2, -0.15) is 26.3 Å². The minimum absolute atomic E-state index is 0.197. The first-order valence-corrected chi connectivity index (χ1v) is 11.6. The highest BCUT2D eigenvalue weighted by Crippen LogP contribution is 2.53. The van der Waals surface area contributed by atoms with Gasteiger partial charge in [0.2, 0.25) is 0 Å². The van der Waals surface area contributed by atoms with Gasteiger partial charge in [-0.1, -0.05) is 44.0 Å². The number of benzene rings is 2. The van der Waals surface area contributed by atoms with Crippen LogP contribution in [-0.4, -0.2) is 33.4 Å². The summed E-state index contributed by atoms with van der Waals surface area (Å²) in [5, 5.41) is 7.18. The third kappa shape index (κ3) is 8.01. The minimum Gasteiger partial charge on any atom is -0.483 e. The Hall–Kier alpha value is -2.50. The van der Waals surface area contributed by atoms with Crippen LogP contribution < -0.4 is 0 Å². The SMILES string of the molecule is CCc1cccc(C(F)(C(F)(F)F)C(F)(F)F)c1.O=CO.O=S(c1ccc(F)cc1)C1CCCC1. The summed E-state index contributed by atoms with van der Waals surface area (Å²) >= 11 is 0. The lowest BCUT2D eigenvalue weighted by Gasteiger charge is -2.30. The topological polar surface area (TPSA) is 54.4 Å². The number of aryl methyl sites for hydroxylation is 1. The summed E-state index contributed by atoms with van der Waals surface area (Å²) in [4.78, 5) is 9.12. The van der Waals surface area contributed by atoms with Crippen LogP contribution in [0.5, 0.6) is 0 Å². The maximum Gasteiger partial charge on any atom is 0.435 e. The molecule has 1 atom stereocenters. The summed E-state index contributed by atoms with van der Waals surface area (Å²) < 4.78 is 113. The third-order valence-electron chi connectivity index (χ3n) is 5.17. The van der Waals surface area contributed by atoms with Crippen LogP contribution in [0.1, 0.15) is 43.7 Å². The number of alkyl halides is 7. The molecule has 0 spiro atoms. The first-order valence-electron chi connectivity index (χ1n) is 10.4. The fourth-order valence-electron chi connectivity index (χ4n) is 3.36. The molecule has 0 bridgehead atoms. The molecule has 3 rings (SSSR count). The first kappa shape index (κ1) is 30.5. The van der Waals surface area contributed by atoms with Gasteiger partial charge in [-0.15, -0.1) is 0 Å². The molecule has 3 nitrogen and oxygen atoms in total. The highest BCUT2D eigenvalue weighted by Gasteiger charge is 2.73. The zero-order chi connectivity index (χ0) is 26.9. The number of carbonyl (C=O) groups is 1. The molecule has 0 heterocycles. The molecule has 1 fully saturated rings. The van der Waals surface area contributed by atoms with Crippen LogP contribution in [0.25, 0.3) is 0 Å². The Morgan fingerprint density at radius 3 is 1.86 bits per heavy atom. The molecule has 2 aromatic rings. The molecular formula is C23H24F8O3S. The molecule has 0 amide bonds. The van der Waals surface area contributed by atoms with Gasteiger partial charge in [-0.05, 0) is 49.1 Å². The molecule has 12 heteroatoms. The molecule has 2 aromatic carbocycles. The molecule has 196 valence electrons. The van der Waals surface area contributed by atoms with Crippen molar-refractivity contribution in [2.75, 3.05) is 0 Å². The van der Waals surface area contributed by atoms with Crippen LogP contribution in [0.3, 0.4) is 0 Å². The second kappa shape index (κ2) is 13.0. The van der Waals surface area contributed by atoms with E-state index in [0.29, 0.717) is 17.4 Å².